The first kappa shape index (κ1) is 13.4. The van der Waals surface area contributed by atoms with Crippen molar-refractivity contribution in [3.8, 4) is 11.5 Å². The Balaban J connectivity index is 2.06. The molecule has 19 heavy (non-hydrogen) atoms. The minimum Gasteiger partial charge on any atom is -0.508 e. The van der Waals surface area contributed by atoms with E-state index in [-0.39, 0.29) is 11.5 Å². The van der Waals surface area contributed by atoms with Crippen LogP contribution in [0.1, 0.15) is 22.8 Å². The second kappa shape index (κ2) is 5.76. The number of halogens is 1. The molecule has 0 amide bonds. The molecule has 98 valence electrons. The summed E-state index contributed by atoms with van der Waals surface area (Å²) in [6.07, 6.45) is 0. The normalized spacial score (nSPS) is 10.2. The van der Waals surface area contributed by atoms with Gasteiger partial charge in [-0.2, -0.15) is 0 Å². The smallest absolute Gasteiger partial charge is 0.161 e. The zero-order valence-electron chi connectivity index (χ0n) is 10.4. The molecule has 0 aromatic heterocycles. The molecule has 3 nitrogen and oxygen atoms in total. The fourth-order valence-corrected chi connectivity index (χ4v) is 1.93. The summed E-state index contributed by atoms with van der Waals surface area (Å²) in [5.74, 6) is 0.746. The van der Waals surface area contributed by atoms with Gasteiger partial charge in [0.2, 0.25) is 0 Å². The first-order valence-corrected chi connectivity index (χ1v) is 6.15. The quantitative estimate of drug-likeness (QED) is 0.864. The molecule has 0 atom stereocenters. The fourth-order valence-electron chi connectivity index (χ4n) is 1.63. The Kier molecular flexibility index (Phi) is 4.07. The summed E-state index contributed by atoms with van der Waals surface area (Å²) in [5, 5.41) is 9.56. The molecule has 2 aromatic rings. The van der Waals surface area contributed by atoms with Gasteiger partial charge in [-0.3, -0.25) is 4.79 Å². The van der Waals surface area contributed by atoms with Crippen LogP contribution in [0.25, 0.3) is 0 Å². The van der Waals surface area contributed by atoms with Crippen molar-refractivity contribution in [1.82, 2.24) is 0 Å². The minimum atomic E-state index is -0.0740. The first-order valence-electron chi connectivity index (χ1n) is 5.77. The third-order valence-electron chi connectivity index (χ3n) is 2.66. The van der Waals surface area contributed by atoms with Gasteiger partial charge in [-0.25, -0.2) is 0 Å². The molecule has 2 aromatic carbocycles. The number of hydrogen-bond donors (Lipinski definition) is 1. The summed E-state index contributed by atoms with van der Waals surface area (Å²) in [4.78, 5) is 11.2. The Labute approximate surface area is 116 Å². The number of rotatable bonds is 4. The van der Waals surface area contributed by atoms with Crippen molar-refractivity contribution in [3.05, 3.63) is 58.6 Å². The van der Waals surface area contributed by atoms with Crippen LogP contribution in [-0.2, 0) is 6.61 Å². The minimum absolute atomic E-state index is 0.0740. The Hall–Kier alpha value is -2.00. The SMILES string of the molecule is CC(=O)c1ccc(OCc2ccc(O)cc2)cc1Cl. The van der Waals surface area contributed by atoms with Crippen LogP contribution in [0.15, 0.2) is 42.5 Å². The van der Waals surface area contributed by atoms with Gasteiger partial charge in [0, 0.05) is 5.56 Å². The molecule has 0 aliphatic heterocycles. The Morgan fingerprint density at radius 1 is 1.21 bits per heavy atom. The maximum atomic E-state index is 11.2. The number of carbonyl (C=O) groups excluding carboxylic acids is 1. The maximum Gasteiger partial charge on any atom is 0.161 e. The van der Waals surface area contributed by atoms with Gasteiger partial charge in [-0.1, -0.05) is 23.7 Å². The van der Waals surface area contributed by atoms with Gasteiger partial charge in [0.15, 0.2) is 5.78 Å². The standard InChI is InChI=1S/C15H13ClO3/c1-10(17)14-7-6-13(8-15(14)16)19-9-11-2-4-12(18)5-3-11/h2-8,18H,9H2,1H3. The number of ether oxygens (including phenoxy) is 1. The molecule has 1 N–H and O–H groups in total. The predicted molar refractivity (Wildman–Crippen MR) is 73.9 cm³/mol. The molecule has 0 spiro atoms. The van der Waals surface area contributed by atoms with Gasteiger partial charge < -0.3 is 9.84 Å². The number of hydrogen-bond acceptors (Lipinski definition) is 3. The number of phenolic OH excluding ortho intramolecular Hbond substituents is 1. The van der Waals surface area contributed by atoms with Gasteiger partial charge in [0.05, 0.1) is 5.02 Å². The molecular weight excluding hydrogens is 264 g/mol. The van der Waals surface area contributed by atoms with Crippen molar-refractivity contribution in [2.24, 2.45) is 0 Å². The van der Waals surface area contributed by atoms with Crippen molar-refractivity contribution in [2.45, 2.75) is 13.5 Å². The van der Waals surface area contributed by atoms with Crippen LogP contribution in [-0.4, -0.2) is 10.9 Å². The van der Waals surface area contributed by atoms with E-state index in [9.17, 15) is 9.90 Å². The van der Waals surface area contributed by atoms with E-state index in [0.717, 1.165) is 5.56 Å². The van der Waals surface area contributed by atoms with Crippen LogP contribution in [0.4, 0.5) is 0 Å². The summed E-state index contributed by atoms with van der Waals surface area (Å²) >= 11 is 5.99. The van der Waals surface area contributed by atoms with Crippen LogP contribution in [0.3, 0.4) is 0 Å². The number of ketones is 1. The highest BCUT2D eigenvalue weighted by Crippen LogP contribution is 2.23. The molecule has 0 aliphatic carbocycles. The lowest BCUT2D eigenvalue weighted by Gasteiger charge is -2.08. The second-order valence-electron chi connectivity index (χ2n) is 4.15. The van der Waals surface area contributed by atoms with Crippen LogP contribution in [0, 0.1) is 0 Å². The van der Waals surface area contributed by atoms with E-state index in [1.807, 2.05) is 0 Å². The zero-order chi connectivity index (χ0) is 13.8. The van der Waals surface area contributed by atoms with Gasteiger partial charge in [-0.15, -0.1) is 0 Å². The lowest BCUT2D eigenvalue weighted by molar-refractivity contribution is 0.101. The van der Waals surface area contributed by atoms with Crippen molar-refractivity contribution in [2.75, 3.05) is 0 Å². The van der Waals surface area contributed by atoms with E-state index in [1.165, 1.54) is 6.92 Å². The van der Waals surface area contributed by atoms with Crippen LogP contribution in [0.2, 0.25) is 5.02 Å². The largest absolute Gasteiger partial charge is 0.508 e. The highest BCUT2D eigenvalue weighted by Gasteiger charge is 2.06. The van der Waals surface area contributed by atoms with Crippen molar-refractivity contribution < 1.29 is 14.6 Å². The highest BCUT2D eigenvalue weighted by atomic mass is 35.5. The third kappa shape index (κ3) is 3.48. The Morgan fingerprint density at radius 3 is 2.47 bits per heavy atom. The monoisotopic (exact) mass is 276 g/mol. The molecule has 0 unspecified atom stereocenters. The Morgan fingerprint density at radius 2 is 1.89 bits per heavy atom. The molecule has 0 heterocycles. The molecule has 2 rings (SSSR count). The highest BCUT2D eigenvalue weighted by molar-refractivity contribution is 6.34. The zero-order valence-corrected chi connectivity index (χ0v) is 11.1. The van der Waals surface area contributed by atoms with Crippen LogP contribution in [0.5, 0.6) is 11.5 Å². The lowest BCUT2D eigenvalue weighted by atomic mass is 10.1. The summed E-state index contributed by atoms with van der Waals surface area (Å²) in [6, 6.07) is 11.7. The molecule has 0 saturated heterocycles. The van der Waals surface area contributed by atoms with Gasteiger partial charge in [0.1, 0.15) is 18.1 Å². The van der Waals surface area contributed by atoms with Crippen molar-refractivity contribution in [3.63, 3.8) is 0 Å². The average Bonchev–Trinajstić information content (AvgIpc) is 2.37. The fraction of sp³-hybridized carbons (Fsp3) is 0.133. The number of Topliss-reactive ketones (excluding diaryl/α,β-unsaturated/α-hetero) is 1. The number of benzene rings is 2. The predicted octanol–water partition coefficient (Wildman–Crippen LogP) is 3.83. The number of phenols is 1. The van der Waals surface area contributed by atoms with Crippen molar-refractivity contribution in [1.29, 1.82) is 0 Å². The van der Waals surface area contributed by atoms with E-state index >= 15 is 0 Å². The van der Waals surface area contributed by atoms with E-state index in [4.69, 9.17) is 16.3 Å². The molecule has 4 heteroatoms. The summed E-state index contributed by atoms with van der Waals surface area (Å²) < 4.78 is 5.57. The topological polar surface area (TPSA) is 46.5 Å². The number of carbonyl (C=O) groups is 1. The Bertz CT molecular complexity index is 591. The van der Waals surface area contributed by atoms with Gasteiger partial charge >= 0.3 is 0 Å². The van der Waals surface area contributed by atoms with E-state index < -0.39 is 0 Å². The molecular formula is C15H13ClO3. The van der Waals surface area contributed by atoms with Crippen LogP contribution >= 0.6 is 11.6 Å². The average molecular weight is 277 g/mol. The molecule has 0 saturated carbocycles. The molecule has 0 radical (unpaired) electrons. The van der Waals surface area contributed by atoms with E-state index in [2.05, 4.69) is 0 Å². The summed E-state index contributed by atoms with van der Waals surface area (Å²) in [7, 11) is 0. The number of aromatic hydroxyl groups is 1. The summed E-state index contributed by atoms with van der Waals surface area (Å²) in [5.41, 5.74) is 1.42. The van der Waals surface area contributed by atoms with Crippen LogP contribution < -0.4 is 4.74 Å². The molecule has 0 aliphatic rings. The summed E-state index contributed by atoms with van der Waals surface area (Å²) in [6.45, 7) is 1.84. The maximum absolute atomic E-state index is 11.2. The molecule has 0 fully saturated rings. The van der Waals surface area contributed by atoms with Gasteiger partial charge in [-0.05, 0) is 42.8 Å². The first-order chi connectivity index (χ1) is 9.06. The van der Waals surface area contributed by atoms with E-state index in [0.29, 0.717) is 22.9 Å². The van der Waals surface area contributed by atoms with Gasteiger partial charge in [0.25, 0.3) is 0 Å². The molecule has 0 bridgehead atoms. The van der Waals surface area contributed by atoms with Crippen molar-refractivity contribution >= 4 is 17.4 Å². The second-order valence-corrected chi connectivity index (χ2v) is 4.56. The lowest BCUT2D eigenvalue weighted by Crippen LogP contribution is -1.97. The van der Waals surface area contributed by atoms with E-state index in [1.54, 1.807) is 42.5 Å². The third-order valence-corrected chi connectivity index (χ3v) is 2.97.